The molecule has 0 saturated carbocycles. The van der Waals surface area contributed by atoms with E-state index in [1.807, 2.05) is 0 Å². The molecule has 3 heteroatoms. The Morgan fingerprint density at radius 2 is 2.06 bits per heavy atom. The Labute approximate surface area is 110 Å². The van der Waals surface area contributed by atoms with Gasteiger partial charge in [-0.15, -0.1) is 0 Å². The molecule has 0 aliphatic carbocycles. The number of nitrogens with zero attached hydrogens (tertiary/aromatic N) is 1. The highest BCUT2D eigenvalue weighted by atomic mass is 16.5. The lowest BCUT2D eigenvalue weighted by atomic mass is 10.1. The summed E-state index contributed by atoms with van der Waals surface area (Å²) in [5.41, 5.74) is 7.97. The van der Waals surface area contributed by atoms with E-state index >= 15 is 0 Å². The fourth-order valence-corrected chi connectivity index (χ4v) is 2.40. The number of hydrogen-bond acceptors (Lipinski definition) is 3. The molecule has 18 heavy (non-hydrogen) atoms. The van der Waals surface area contributed by atoms with Crippen LogP contribution in [0.5, 0.6) is 5.75 Å². The number of likely N-dealkylation sites (tertiary alicyclic amines) is 1. The fourth-order valence-electron chi connectivity index (χ4n) is 2.40. The quantitative estimate of drug-likeness (QED) is 0.785. The van der Waals surface area contributed by atoms with Crippen LogP contribution in [0.3, 0.4) is 0 Å². The molecular weight excluding hydrogens is 224 g/mol. The Morgan fingerprint density at radius 1 is 1.28 bits per heavy atom. The van der Waals surface area contributed by atoms with Crippen molar-refractivity contribution in [1.29, 1.82) is 0 Å². The van der Waals surface area contributed by atoms with Gasteiger partial charge in [-0.2, -0.15) is 0 Å². The average molecular weight is 248 g/mol. The van der Waals surface area contributed by atoms with Crippen LogP contribution in [0.2, 0.25) is 0 Å². The number of nitrogens with two attached hydrogens (primary N) is 1. The summed E-state index contributed by atoms with van der Waals surface area (Å²) in [4.78, 5) is 2.52. The third kappa shape index (κ3) is 3.72. The summed E-state index contributed by atoms with van der Waals surface area (Å²) < 4.78 is 5.86. The lowest BCUT2D eigenvalue weighted by Gasteiger charge is -2.15. The zero-order valence-electron chi connectivity index (χ0n) is 11.3. The second kappa shape index (κ2) is 6.76. The number of rotatable bonds is 6. The van der Waals surface area contributed by atoms with E-state index in [1.54, 1.807) is 0 Å². The van der Waals surface area contributed by atoms with E-state index in [0.717, 1.165) is 30.9 Å². The number of aryl methyl sites for hydroxylation is 1. The largest absolute Gasteiger partial charge is 0.493 e. The predicted molar refractivity (Wildman–Crippen MR) is 74.9 cm³/mol. The Bertz CT molecular complexity index is 373. The maximum atomic E-state index is 5.86. The van der Waals surface area contributed by atoms with E-state index in [9.17, 15) is 0 Å². The first kappa shape index (κ1) is 13.4. The second-order valence-electron chi connectivity index (χ2n) is 5.05. The van der Waals surface area contributed by atoms with Crippen LogP contribution in [0.1, 0.15) is 30.4 Å². The van der Waals surface area contributed by atoms with Crippen LogP contribution in [0.4, 0.5) is 0 Å². The van der Waals surface area contributed by atoms with Crippen LogP contribution in [-0.4, -0.2) is 31.1 Å². The van der Waals surface area contributed by atoms with E-state index in [4.69, 9.17) is 10.5 Å². The summed E-state index contributed by atoms with van der Waals surface area (Å²) >= 11 is 0. The topological polar surface area (TPSA) is 38.5 Å². The summed E-state index contributed by atoms with van der Waals surface area (Å²) in [5.74, 6) is 0.986. The molecule has 0 amide bonds. The summed E-state index contributed by atoms with van der Waals surface area (Å²) in [6, 6.07) is 6.20. The normalized spacial score (nSPS) is 16.1. The lowest BCUT2D eigenvalue weighted by Crippen LogP contribution is -2.22. The molecule has 1 saturated heterocycles. The van der Waals surface area contributed by atoms with Crippen molar-refractivity contribution in [3.63, 3.8) is 0 Å². The van der Waals surface area contributed by atoms with Crippen molar-refractivity contribution in [2.75, 3.05) is 26.2 Å². The van der Waals surface area contributed by atoms with Gasteiger partial charge in [0, 0.05) is 13.1 Å². The molecule has 1 fully saturated rings. The molecule has 0 bridgehead atoms. The highest BCUT2D eigenvalue weighted by molar-refractivity contribution is 5.36. The van der Waals surface area contributed by atoms with Gasteiger partial charge in [-0.05, 0) is 56.5 Å². The Balaban J connectivity index is 1.75. The van der Waals surface area contributed by atoms with Gasteiger partial charge in [0.25, 0.3) is 0 Å². The maximum Gasteiger partial charge on any atom is 0.122 e. The van der Waals surface area contributed by atoms with Crippen molar-refractivity contribution in [3.05, 3.63) is 29.3 Å². The van der Waals surface area contributed by atoms with Crippen molar-refractivity contribution in [2.24, 2.45) is 5.73 Å². The Hall–Kier alpha value is -1.06. The number of benzene rings is 1. The van der Waals surface area contributed by atoms with Gasteiger partial charge in [0.05, 0.1) is 6.61 Å². The van der Waals surface area contributed by atoms with Crippen molar-refractivity contribution < 1.29 is 4.74 Å². The highest BCUT2D eigenvalue weighted by Crippen LogP contribution is 2.19. The van der Waals surface area contributed by atoms with E-state index in [2.05, 4.69) is 30.0 Å². The average Bonchev–Trinajstić information content (AvgIpc) is 2.89. The predicted octanol–water partition coefficient (Wildman–Crippen LogP) is 2.32. The molecule has 2 rings (SSSR count). The van der Waals surface area contributed by atoms with Gasteiger partial charge in [-0.3, -0.25) is 0 Å². The van der Waals surface area contributed by atoms with Crippen LogP contribution < -0.4 is 10.5 Å². The molecule has 0 aromatic heterocycles. The SMILES string of the molecule is Cc1ccc(CN)cc1OCCCN1CCCC1. The zero-order chi connectivity index (χ0) is 12.8. The molecule has 1 heterocycles. The number of ether oxygens (including phenoxy) is 1. The summed E-state index contributed by atoms with van der Waals surface area (Å²) in [6.45, 7) is 7.14. The van der Waals surface area contributed by atoms with E-state index in [1.165, 1.54) is 31.5 Å². The van der Waals surface area contributed by atoms with Crippen LogP contribution in [0, 0.1) is 6.92 Å². The maximum absolute atomic E-state index is 5.86. The first-order valence-corrected chi connectivity index (χ1v) is 6.94. The standard InChI is InChI=1S/C15H24N2O/c1-13-5-6-14(12-16)11-15(13)18-10-4-9-17-7-2-3-8-17/h5-6,11H,2-4,7-10,12,16H2,1H3. The summed E-state index contributed by atoms with van der Waals surface area (Å²) in [7, 11) is 0. The summed E-state index contributed by atoms with van der Waals surface area (Å²) in [5, 5.41) is 0. The monoisotopic (exact) mass is 248 g/mol. The third-order valence-electron chi connectivity index (χ3n) is 3.56. The molecule has 0 atom stereocenters. The molecule has 3 nitrogen and oxygen atoms in total. The molecule has 1 aromatic carbocycles. The van der Waals surface area contributed by atoms with Gasteiger partial charge in [0.1, 0.15) is 5.75 Å². The van der Waals surface area contributed by atoms with Gasteiger partial charge in [0.2, 0.25) is 0 Å². The zero-order valence-corrected chi connectivity index (χ0v) is 11.3. The minimum atomic E-state index is 0.574. The molecule has 2 N–H and O–H groups in total. The summed E-state index contributed by atoms with van der Waals surface area (Å²) in [6.07, 6.45) is 3.82. The first-order chi connectivity index (χ1) is 8.79. The van der Waals surface area contributed by atoms with Crippen LogP contribution >= 0.6 is 0 Å². The molecule has 0 unspecified atom stereocenters. The smallest absolute Gasteiger partial charge is 0.122 e. The van der Waals surface area contributed by atoms with E-state index in [-0.39, 0.29) is 0 Å². The van der Waals surface area contributed by atoms with Gasteiger partial charge < -0.3 is 15.4 Å². The van der Waals surface area contributed by atoms with Crippen molar-refractivity contribution in [1.82, 2.24) is 4.90 Å². The molecule has 100 valence electrons. The minimum Gasteiger partial charge on any atom is -0.493 e. The van der Waals surface area contributed by atoms with Gasteiger partial charge in [-0.25, -0.2) is 0 Å². The van der Waals surface area contributed by atoms with Crippen molar-refractivity contribution in [2.45, 2.75) is 32.7 Å². The molecule has 0 spiro atoms. The van der Waals surface area contributed by atoms with Gasteiger partial charge in [-0.1, -0.05) is 12.1 Å². The molecule has 1 aliphatic heterocycles. The Kier molecular flexibility index (Phi) is 5.02. The van der Waals surface area contributed by atoms with Gasteiger partial charge in [0.15, 0.2) is 0 Å². The van der Waals surface area contributed by atoms with Crippen LogP contribution in [0.15, 0.2) is 18.2 Å². The van der Waals surface area contributed by atoms with E-state index in [0.29, 0.717) is 6.54 Å². The van der Waals surface area contributed by atoms with Gasteiger partial charge >= 0.3 is 0 Å². The number of hydrogen-bond donors (Lipinski definition) is 1. The van der Waals surface area contributed by atoms with Crippen LogP contribution in [0.25, 0.3) is 0 Å². The highest BCUT2D eigenvalue weighted by Gasteiger charge is 2.10. The van der Waals surface area contributed by atoms with E-state index < -0.39 is 0 Å². The molecule has 1 aromatic rings. The lowest BCUT2D eigenvalue weighted by molar-refractivity contribution is 0.262. The second-order valence-corrected chi connectivity index (χ2v) is 5.05. The fraction of sp³-hybridized carbons (Fsp3) is 0.600. The molecular formula is C15H24N2O. The Morgan fingerprint density at radius 3 is 2.78 bits per heavy atom. The molecule has 1 aliphatic rings. The van der Waals surface area contributed by atoms with Crippen LogP contribution in [-0.2, 0) is 6.54 Å². The third-order valence-corrected chi connectivity index (χ3v) is 3.56. The van der Waals surface area contributed by atoms with Crippen molar-refractivity contribution >= 4 is 0 Å². The van der Waals surface area contributed by atoms with Crippen molar-refractivity contribution in [3.8, 4) is 5.75 Å². The minimum absolute atomic E-state index is 0.574. The first-order valence-electron chi connectivity index (χ1n) is 6.94. The molecule has 0 radical (unpaired) electrons.